The van der Waals surface area contributed by atoms with Crippen molar-refractivity contribution in [2.24, 2.45) is 11.7 Å². The third-order valence-corrected chi connectivity index (χ3v) is 2.85. The van der Waals surface area contributed by atoms with Crippen molar-refractivity contribution in [1.29, 1.82) is 0 Å². The summed E-state index contributed by atoms with van der Waals surface area (Å²) in [6, 6.07) is 6.30. The molecule has 2 N–H and O–H groups in total. The Balaban J connectivity index is 2.83. The van der Waals surface area contributed by atoms with Gasteiger partial charge in [-0.3, -0.25) is 0 Å². The zero-order valence-electron chi connectivity index (χ0n) is 9.92. The van der Waals surface area contributed by atoms with Crippen LogP contribution < -0.4 is 10.5 Å². The maximum Gasteiger partial charge on any atom is 0.123 e. The minimum Gasteiger partial charge on any atom is -0.496 e. The van der Waals surface area contributed by atoms with Crippen molar-refractivity contribution in [2.45, 2.75) is 33.2 Å². The number of benzene rings is 1. The van der Waals surface area contributed by atoms with Gasteiger partial charge in [0.1, 0.15) is 5.75 Å². The maximum absolute atomic E-state index is 5.68. The van der Waals surface area contributed by atoms with E-state index in [1.807, 2.05) is 6.07 Å². The van der Waals surface area contributed by atoms with Gasteiger partial charge in [-0.05, 0) is 24.0 Å². The highest BCUT2D eigenvalue weighted by Gasteiger charge is 2.05. The van der Waals surface area contributed by atoms with Gasteiger partial charge in [0.15, 0.2) is 0 Å². The largest absolute Gasteiger partial charge is 0.496 e. The highest BCUT2D eigenvalue weighted by molar-refractivity contribution is 5.37. The first-order chi connectivity index (χ1) is 7.21. The Bertz CT molecular complexity index is 309. The lowest BCUT2D eigenvalue weighted by molar-refractivity contribution is 0.409. The molecule has 0 heterocycles. The van der Waals surface area contributed by atoms with Crippen LogP contribution in [0.2, 0.25) is 0 Å². The van der Waals surface area contributed by atoms with Crippen LogP contribution in [0.3, 0.4) is 0 Å². The van der Waals surface area contributed by atoms with Crippen LogP contribution in [0.4, 0.5) is 0 Å². The normalized spacial score (nSPS) is 12.5. The predicted octanol–water partition coefficient (Wildman–Crippen LogP) is 2.74. The van der Waals surface area contributed by atoms with E-state index in [0.29, 0.717) is 6.54 Å². The molecule has 1 aromatic rings. The van der Waals surface area contributed by atoms with Gasteiger partial charge in [0, 0.05) is 12.1 Å². The fraction of sp³-hybridized carbons (Fsp3) is 0.538. The molecule has 2 nitrogen and oxygen atoms in total. The van der Waals surface area contributed by atoms with E-state index in [4.69, 9.17) is 10.5 Å². The molecule has 0 radical (unpaired) electrons. The molecule has 1 unspecified atom stereocenters. The molecule has 1 atom stereocenters. The van der Waals surface area contributed by atoms with Gasteiger partial charge in [-0.1, -0.05) is 32.4 Å². The molecule has 0 spiro atoms. The van der Waals surface area contributed by atoms with E-state index in [0.717, 1.165) is 23.7 Å². The second-order valence-corrected chi connectivity index (χ2v) is 4.07. The van der Waals surface area contributed by atoms with Crippen LogP contribution in [-0.2, 0) is 13.0 Å². The van der Waals surface area contributed by atoms with Crippen LogP contribution in [0.25, 0.3) is 0 Å². The molecule has 0 aromatic heterocycles. The average Bonchev–Trinajstić information content (AvgIpc) is 2.28. The lowest BCUT2D eigenvalue weighted by Gasteiger charge is -2.12. The molecule has 0 fully saturated rings. The molecule has 1 aromatic carbocycles. The Hall–Kier alpha value is -1.02. The minimum absolute atomic E-state index is 0.539. The summed E-state index contributed by atoms with van der Waals surface area (Å²) < 4.78 is 5.24. The quantitative estimate of drug-likeness (QED) is 0.805. The van der Waals surface area contributed by atoms with Gasteiger partial charge in [0.25, 0.3) is 0 Å². The molecule has 0 aliphatic rings. The Labute approximate surface area is 92.4 Å². The van der Waals surface area contributed by atoms with Gasteiger partial charge in [-0.15, -0.1) is 0 Å². The lowest BCUT2D eigenvalue weighted by atomic mass is 9.97. The van der Waals surface area contributed by atoms with Gasteiger partial charge in [-0.25, -0.2) is 0 Å². The average molecular weight is 207 g/mol. The molecule has 2 heteroatoms. The van der Waals surface area contributed by atoms with E-state index < -0.39 is 0 Å². The van der Waals surface area contributed by atoms with Crippen molar-refractivity contribution in [3.63, 3.8) is 0 Å². The maximum atomic E-state index is 5.68. The molecule has 0 saturated heterocycles. The summed E-state index contributed by atoms with van der Waals surface area (Å²) in [4.78, 5) is 0. The highest BCUT2D eigenvalue weighted by Crippen LogP contribution is 2.21. The monoisotopic (exact) mass is 207 g/mol. The van der Waals surface area contributed by atoms with Crippen molar-refractivity contribution < 1.29 is 4.74 Å². The van der Waals surface area contributed by atoms with Crippen molar-refractivity contribution >= 4 is 0 Å². The van der Waals surface area contributed by atoms with Gasteiger partial charge in [0.2, 0.25) is 0 Å². The molecule has 0 saturated carbocycles. The summed E-state index contributed by atoms with van der Waals surface area (Å²) in [5.74, 6) is 1.62. The second kappa shape index (κ2) is 5.76. The summed E-state index contributed by atoms with van der Waals surface area (Å²) in [6.45, 7) is 5.03. The Kier molecular flexibility index (Phi) is 4.63. The first kappa shape index (κ1) is 12.1. The highest BCUT2D eigenvalue weighted by atomic mass is 16.5. The number of nitrogens with two attached hydrogens (primary N) is 1. The van der Waals surface area contributed by atoms with E-state index in [-0.39, 0.29) is 0 Å². The summed E-state index contributed by atoms with van der Waals surface area (Å²) in [6.07, 6.45) is 2.33. The molecular weight excluding hydrogens is 186 g/mol. The summed E-state index contributed by atoms with van der Waals surface area (Å²) in [5, 5.41) is 0. The topological polar surface area (TPSA) is 35.2 Å². The first-order valence-corrected chi connectivity index (χ1v) is 5.57. The fourth-order valence-electron chi connectivity index (χ4n) is 1.67. The first-order valence-electron chi connectivity index (χ1n) is 5.57. The van der Waals surface area contributed by atoms with Crippen molar-refractivity contribution in [1.82, 2.24) is 0 Å². The third-order valence-electron chi connectivity index (χ3n) is 2.85. The van der Waals surface area contributed by atoms with E-state index in [2.05, 4.69) is 26.0 Å². The molecule has 0 amide bonds. The molecule has 15 heavy (non-hydrogen) atoms. The summed E-state index contributed by atoms with van der Waals surface area (Å²) >= 11 is 0. The number of methoxy groups -OCH3 is 1. The third kappa shape index (κ3) is 3.24. The zero-order chi connectivity index (χ0) is 11.3. The lowest BCUT2D eigenvalue weighted by Crippen LogP contribution is -2.03. The number of hydrogen-bond donors (Lipinski definition) is 1. The summed E-state index contributed by atoms with van der Waals surface area (Å²) in [7, 11) is 1.68. The van der Waals surface area contributed by atoms with E-state index in [9.17, 15) is 0 Å². The molecule has 0 aliphatic heterocycles. The Morgan fingerprint density at radius 2 is 2.13 bits per heavy atom. The van der Waals surface area contributed by atoms with Crippen LogP contribution in [0.5, 0.6) is 5.75 Å². The molecule has 84 valence electrons. The van der Waals surface area contributed by atoms with Gasteiger partial charge < -0.3 is 10.5 Å². The number of rotatable bonds is 5. The van der Waals surface area contributed by atoms with E-state index >= 15 is 0 Å². The minimum atomic E-state index is 0.539. The zero-order valence-corrected chi connectivity index (χ0v) is 9.92. The summed E-state index contributed by atoms with van der Waals surface area (Å²) in [5.41, 5.74) is 8.13. The molecule has 0 bridgehead atoms. The smallest absolute Gasteiger partial charge is 0.123 e. The molecular formula is C13H21NO. The Morgan fingerprint density at radius 1 is 1.40 bits per heavy atom. The van der Waals surface area contributed by atoms with Crippen molar-refractivity contribution in [3.8, 4) is 5.75 Å². The van der Waals surface area contributed by atoms with Gasteiger partial charge >= 0.3 is 0 Å². The second-order valence-electron chi connectivity index (χ2n) is 4.07. The van der Waals surface area contributed by atoms with Gasteiger partial charge in [-0.2, -0.15) is 0 Å². The van der Waals surface area contributed by atoms with Gasteiger partial charge in [0.05, 0.1) is 7.11 Å². The van der Waals surface area contributed by atoms with E-state index in [1.165, 1.54) is 12.0 Å². The molecule has 1 rings (SSSR count). The van der Waals surface area contributed by atoms with Crippen LogP contribution >= 0.6 is 0 Å². The fourth-order valence-corrected chi connectivity index (χ4v) is 1.67. The van der Waals surface area contributed by atoms with Crippen LogP contribution in [0.1, 0.15) is 31.4 Å². The van der Waals surface area contributed by atoms with Crippen LogP contribution in [0, 0.1) is 5.92 Å². The van der Waals surface area contributed by atoms with Crippen molar-refractivity contribution in [2.75, 3.05) is 7.11 Å². The van der Waals surface area contributed by atoms with E-state index in [1.54, 1.807) is 7.11 Å². The predicted molar refractivity (Wildman–Crippen MR) is 64.0 cm³/mol. The van der Waals surface area contributed by atoms with Crippen LogP contribution in [0.15, 0.2) is 18.2 Å². The van der Waals surface area contributed by atoms with Crippen molar-refractivity contribution in [3.05, 3.63) is 29.3 Å². The SMILES string of the molecule is CCC(C)Cc1ccc(OC)c(CN)c1. The number of ether oxygens (including phenoxy) is 1. The Morgan fingerprint density at radius 3 is 2.67 bits per heavy atom. The number of hydrogen-bond acceptors (Lipinski definition) is 2. The van der Waals surface area contributed by atoms with Crippen LogP contribution in [-0.4, -0.2) is 7.11 Å². The standard InChI is InChI=1S/C13H21NO/c1-4-10(2)7-11-5-6-13(15-3)12(8-11)9-14/h5-6,8,10H,4,7,9,14H2,1-3H3. The molecule has 0 aliphatic carbocycles.